The lowest BCUT2D eigenvalue weighted by molar-refractivity contribution is 0.0313. The van der Waals surface area contributed by atoms with Crippen molar-refractivity contribution in [3.05, 3.63) is 29.8 Å². The average molecular weight is 202 g/mol. The van der Waals surface area contributed by atoms with Crippen LogP contribution in [0.5, 0.6) is 0 Å². The van der Waals surface area contributed by atoms with E-state index in [-0.39, 0.29) is 5.60 Å². The van der Waals surface area contributed by atoms with Gasteiger partial charge in [0.15, 0.2) is 6.40 Å². The van der Waals surface area contributed by atoms with Gasteiger partial charge in [-0.15, -0.1) is 0 Å². The summed E-state index contributed by atoms with van der Waals surface area (Å²) in [6.45, 7) is 1.97. The van der Waals surface area contributed by atoms with Gasteiger partial charge in [0, 0.05) is 12.1 Å². The summed E-state index contributed by atoms with van der Waals surface area (Å²) >= 11 is 0. The maximum atomic E-state index is 5.78. The molecule has 2 heterocycles. The average Bonchev–Trinajstić information content (AvgIpc) is 2.31. The highest BCUT2D eigenvalue weighted by molar-refractivity contribution is 5.64. The van der Waals surface area contributed by atoms with Crippen LogP contribution in [-0.2, 0) is 10.3 Å². The topological polar surface area (TPSA) is 33.6 Å². The van der Waals surface area contributed by atoms with Crippen LogP contribution in [0.3, 0.4) is 0 Å². The van der Waals surface area contributed by atoms with E-state index in [9.17, 15) is 0 Å². The first-order valence-electron chi connectivity index (χ1n) is 5.41. The predicted molar refractivity (Wildman–Crippen MR) is 59.5 cm³/mol. The van der Waals surface area contributed by atoms with E-state index < -0.39 is 0 Å². The molecule has 1 aromatic carbocycles. The van der Waals surface area contributed by atoms with E-state index in [0.29, 0.717) is 0 Å². The zero-order valence-electron chi connectivity index (χ0n) is 8.57. The summed E-state index contributed by atoms with van der Waals surface area (Å²) in [6.07, 6.45) is 3.82. The van der Waals surface area contributed by atoms with Crippen LogP contribution in [-0.4, -0.2) is 19.5 Å². The second-order valence-electron chi connectivity index (χ2n) is 4.14. The first-order chi connectivity index (χ1) is 7.41. The molecule has 1 unspecified atom stereocenters. The molecule has 1 saturated heterocycles. The van der Waals surface area contributed by atoms with Crippen molar-refractivity contribution in [2.24, 2.45) is 4.99 Å². The Kier molecular flexibility index (Phi) is 1.99. The van der Waals surface area contributed by atoms with E-state index in [1.807, 2.05) is 12.1 Å². The monoisotopic (exact) mass is 202 g/mol. The molecule has 1 N–H and O–H groups in total. The molecule has 3 rings (SSSR count). The number of ether oxygens (including phenoxy) is 1. The Bertz CT molecular complexity index is 394. The molecule has 3 nitrogen and oxygen atoms in total. The van der Waals surface area contributed by atoms with Crippen LogP contribution in [0.25, 0.3) is 0 Å². The van der Waals surface area contributed by atoms with Crippen molar-refractivity contribution >= 4 is 12.1 Å². The van der Waals surface area contributed by atoms with Crippen LogP contribution in [0.15, 0.2) is 29.3 Å². The van der Waals surface area contributed by atoms with Crippen LogP contribution < -0.4 is 5.32 Å². The van der Waals surface area contributed by atoms with Gasteiger partial charge < -0.3 is 10.1 Å². The standard InChI is InChI=1S/C12H14N2O/c1-2-5-11-10(4-1)12(15-9-14-11)6-3-7-13-8-12/h1-2,4-5,9,13H,3,6-8H2. The molecule has 3 heteroatoms. The fourth-order valence-electron chi connectivity index (χ4n) is 2.43. The summed E-state index contributed by atoms with van der Waals surface area (Å²) in [5, 5.41) is 3.40. The van der Waals surface area contributed by atoms with Gasteiger partial charge in [0.2, 0.25) is 0 Å². The maximum Gasteiger partial charge on any atom is 0.175 e. The van der Waals surface area contributed by atoms with Gasteiger partial charge in [0.05, 0.1) is 5.69 Å². The summed E-state index contributed by atoms with van der Waals surface area (Å²) in [7, 11) is 0. The van der Waals surface area contributed by atoms with Gasteiger partial charge >= 0.3 is 0 Å². The molecule has 1 aromatic rings. The third kappa shape index (κ3) is 1.35. The first-order valence-corrected chi connectivity index (χ1v) is 5.41. The van der Waals surface area contributed by atoms with E-state index in [1.165, 1.54) is 5.56 Å². The highest BCUT2D eigenvalue weighted by atomic mass is 16.5. The van der Waals surface area contributed by atoms with Gasteiger partial charge in [-0.25, -0.2) is 4.99 Å². The third-order valence-corrected chi connectivity index (χ3v) is 3.21. The maximum absolute atomic E-state index is 5.78. The summed E-state index contributed by atoms with van der Waals surface area (Å²) in [6, 6.07) is 8.24. The van der Waals surface area contributed by atoms with Gasteiger partial charge in [0.25, 0.3) is 0 Å². The summed E-state index contributed by atoms with van der Waals surface area (Å²) < 4.78 is 5.78. The quantitative estimate of drug-likeness (QED) is 0.697. The van der Waals surface area contributed by atoms with Crippen molar-refractivity contribution < 1.29 is 4.74 Å². The van der Waals surface area contributed by atoms with Crippen molar-refractivity contribution in [1.82, 2.24) is 5.32 Å². The molecule has 1 fully saturated rings. The molecule has 0 aromatic heterocycles. The molecule has 2 aliphatic rings. The Morgan fingerprint density at radius 1 is 1.33 bits per heavy atom. The molecule has 1 atom stereocenters. The minimum absolute atomic E-state index is 0.170. The van der Waals surface area contributed by atoms with Gasteiger partial charge in [0.1, 0.15) is 5.60 Å². The van der Waals surface area contributed by atoms with Gasteiger partial charge in [-0.05, 0) is 25.5 Å². The molecule has 0 amide bonds. The van der Waals surface area contributed by atoms with E-state index >= 15 is 0 Å². The number of nitrogens with one attached hydrogen (secondary N) is 1. The number of fused-ring (bicyclic) bond motifs is 2. The zero-order valence-corrected chi connectivity index (χ0v) is 8.57. The molecule has 2 aliphatic heterocycles. The van der Waals surface area contributed by atoms with Crippen molar-refractivity contribution in [3.8, 4) is 0 Å². The SMILES string of the molecule is C1=Nc2ccccc2C2(CCCNC2)O1. The number of piperidine rings is 1. The van der Waals surface area contributed by atoms with Crippen molar-refractivity contribution in [2.45, 2.75) is 18.4 Å². The first kappa shape index (κ1) is 8.92. The number of benzene rings is 1. The number of rotatable bonds is 0. The second-order valence-corrected chi connectivity index (χ2v) is 4.14. The van der Waals surface area contributed by atoms with E-state index in [4.69, 9.17) is 4.74 Å². The smallest absolute Gasteiger partial charge is 0.175 e. The van der Waals surface area contributed by atoms with Gasteiger partial charge in [-0.1, -0.05) is 18.2 Å². The minimum atomic E-state index is -0.170. The summed E-state index contributed by atoms with van der Waals surface area (Å²) in [4.78, 5) is 4.27. The summed E-state index contributed by atoms with van der Waals surface area (Å²) in [5.74, 6) is 0. The predicted octanol–water partition coefficient (Wildman–Crippen LogP) is 1.96. The molecule has 78 valence electrons. The molecular formula is C12H14N2O. The Balaban J connectivity index is 2.08. The lowest BCUT2D eigenvalue weighted by atomic mass is 9.85. The number of hydrogen-bond donors (Lipinski definition) is 1. The molecule has 0 saturated carbocycles. The van der Waals surface area contributed by atoms with Crippen LogP contribution in [0, 0.1) is 0 Å². The molecule has 15 heavy (non-hydrogen) atoms. The molecule has 0 aliphatic carbocycles. The van der Waals surface area contributed by atoms with E-state index in [1.54, 1.807) is 6.40 Å². The van der Waals surface area contributed by atoms with Gasteiger partial charge in [-0.3, -0.25) is 0 Å². The lowest BCUT2D eigenvalue weighted by Gasteiger charge is -2.39. The molecule has 0 radical (unpaired) electrons. The fourth-order valence-corrected chi connectivity index (χ4v) is 2.43. The number of hydrogen-bond acceptors (Lipinski definition) is 3. The van der Waals surface area contributed by atoms with E-state index in [0.717, 1.165) is 31.6 Å². The Hall–Kier alpha value is -1.35. The highest BCUT2D eigenvalue weighted by Gasteiger charge is 2.38. The Labute approximate surface area is 89.2 Å². The minimum Gasteiger partial charge on any atom is -0.471 e. The Morgan fingerprint density at radius 3 is 3.13 bits per heavy atom. The van der Waals surface area contributed by atoms with Crippen LogP contribution in [0.2, 0.25) is 0 Å². The largest absolute Gasteiger partial charge is 0.471 e. The van der Waals surface area contributed by atoms with Crippen molar-refractivity contribution in [2.75, 3.05) is 13.1 Å². The number of aliphatic imine (C=N–C) groups is 1. The molecular weight excluding hydrogens is 188 g/mol. The fraction of sp³-hybridized carbons (Fsp3) is 0.417. The van der Waals surface area contributed by atoms with Crippen LogP contribution in [0.4, 0.5) is 5.69 Å². The van der Waals surface area contributed by atoms with E-state index in [2.05, 4.69) is 22.4 Å². The van der Waals surface area contributed by atoms with Crippen LogP contribution >= 0.6 is 0 Å². The van der Waals surface area contributed by atoms with Crippen LogP contribution in [0.1, 0.15) is 18.4 Å². The van der Waals surface area contributed by atoms with Crippen molar-refractivity contribution in [3.63, 3.8) is 0 Å². The normalized spacial score (nSPS) is 28.5. The lowest BCUT2D eigenvalue weighted by Crippen LogP contribution is -2.46. The zero-order chi connectivity index (χ0) is 10.1. The highest BCUT2D eigenvalue weighted by Crippen LogP contribution is 2.39. The number of nitrogens with zero attached hydrogens (tertiary/aromatic N) is 1. The van der Waals surface area contributed by atoms with Crippen molar-refractivity contribution in [1.29, 1.82) is 0 Å². The second kappa shape index (κ2) is 3.35. The third-order valence-electron chi connectivity index (χ3n) is 3.21. The number of para-hydroxylation sites is 1. The molecule has 0 bridgehead atoms. The Morgan fingerprint density at radius 2 is 2.27 bits per heavy atom. The summed E-state index contributed by atoms with van der Waals surface area (Å²) in [5.41, 5.74) is 2.10. The van der Waals surface area contributed by atoms with Gasteiger partial charge in [-0.2, -0.15) is 0 Å². The molecule has 1 spiro atoms.